The first kappa shape index (κ1) is 17.4. The second kappa shape index (κ2) is 8.63. The minimum Gasteiger partial charge on any atom is -0.399 e. The molecule has 0 amide bonds. The fraction of sp³-hybridized carbons (Fsp3) is 0.318. The van der Waals surface area contributed by atoms with Gasteiger partial charge in [0.2, 0.25) is 0 Å². The summed E-state index contributed by atoms with van der Waals surface area (Å²) in [4.78, 5) is 5.08. The van der Waals surface area contributed by atoms with E-state index in [1.807, 2.05) is 6.07 Å². The smallest absolute Gasteiger partial charge is 0.118 e. The molecular weight excluding hydrogens is 310 g/mol. The largest absolute Gasteiger partial charge is 0.399 e. The van der Waals surface area contributed by atoms with Gasteiger partial charge in [-0.25, -0.2) is 0 Å². The molecule has 0 fully saturated rings. The fourth-order valence-corrected chi connectivity index (χ4v) is 3.26. The van der Waals surface area contributed by atoms with Gasteiger partial charge < -0.3 is 9.57 Å². The number of nitrogens with zero attached hydrogens (tertiary/aromatic N) is 1. The summed E-state index contributed by atoms with van der Waals surface area (Å²) in [7, 11) is 3.36. The number of rotatable bonds is 8. The first-order chi connectivity index (χ1) is 12.3. The molecule has 0 saturated heterocycles. The van der Waals surface area contributed by atoms with Crippen LogP contribution in [0.4, 0.5) is 0 Å². The zero-order chi connectivity index (χ0) is 17.5. The molecule has 0 bridgehead atoms. The fourth-order valence-electron chi connectivity index (χ4n) is 3.26. The van der Waals surface area contributed by atoms with Crippen molar-refractivity contribution in [3.63, 3.8) is 0 Å². The van der Waals surface area contributed by atoms with Crippen LogP contribution in [-0.4, -0.2) is 26.5 Å². The molecule has 0 spiro atoms. The van der Waals surface area contributed by atoms with Crippen molar-refractivity contribution in [3.8, 4) is 11.1 Å². The van der Waals surface area contributed by atoms with Gasteiger partial charge in [-0.1, -0.05) is 60.1 Å². The minimum absolute atomic E-state index is 0.858. The molecule has 0 heterocycles. The number of allylic oxidation sites excluding steroid dienone is 1. The van der Waals surface area contributed by atoms with Crippen LogP contribution < -0.4 is 0 Å². The molecule has 0 saturated carbocycles. The van der Waals surface area contributed by atoms with E-state index in [4.69, 9.17) is 9.57 Å². The molecule has 2 aromatic carbocycles. The molecule has 3 heteroatoms. The van der Waals surface area contributed by atoms with Crippen molar-refractivity contribution < 1.29 is 9.57 Å². The van der Waals surface area contributed by atoms with Crippen LogP contribution in [0.25, 0.3) is 17.2 Å². The molecule has 0 unspecified atom stereocenters. The van der Waals surface area contributed by atoms with Gasteiger partial charge in [0.15, 0.2) is 0 Å². The molecule has 0 atom stereocenters. The highest BCUT2D eigenvalue weighted by atomic mass is 16.6. The van der Waals surface area contributed by atoms with Gasteiger partial charge in [-0.2, -0.15) is 0 Å². The number of benzene rings is 2. The SMILES string of the molecule is COCCCCC/C=C/c1ccc2c(c1)/C(=N\OC)c1ccccc1-2. The zero-order valence-electron chi connectivity index (χ0n) is 15.0. The number of hydrogen-bond donors (Lipinski definition) is 0. The Kier molecular flexibility index (Phi) is 6.02. The van der Waals surface area contributed by atoms with Gasteiger partial charge in [-0.15, -0.1) is 0 Å². The summed E-state index contributed by atoms with van der Waals surface area (Å²) in [6.07, 6.45) is 9.10. The normalized spacial score (nSPS) is 14.1. The van der Waals surface area contributed by atoms with E-state index < -0.39 is 0 Å². The molecule has 0 radical (unpaired) electrons. The highest BCUT2D eigenvalue weighted by molar-refractivity contribution is 6.24. The Hall–Kier alpha value is -2.39. The van der Waals surface area contributed by atoms with E-state index in [-0.39, 0.29) is 0 Å². The molecule has 1 aliphatic carbocycles. The van der Waals surface area contributed by atoms with Gasteiger partial charge in [0.05, 0.1) is 0 Å². The Balaban J connectivity index is 1.73. The third-order valence-electron chi connectivity index (χ3n) is 4.48. The van der Waals surface area contributed by atoms with E-state index in [2.05, 4.69) is 53.7 Å². The van der Waals surface area contributed by atoms with Crippen molar-refractivity contribution in [1.82, 2.24) is 0 Å². The average molecular weight is 335 g/mol. The molecule has 3 rings (SSSR count). The Morgan fingerprint density at radius 2 is 1.68 bits per heavy atom. The zero-order valence-corrected chi connectivity index (χ0v) is 15.0. The van der Waals surface area contributed by atoms with Gasteiger partial charge in [-0.3, -0.25) is 0 Å². The molecule has 3 nitrogen and oxygen atoms in total. The maximum atomic E-state index is 5.08. The van der Waals surface area contributed by atoms with Crippen molar-refractivity contribution >= 4 is 11.8 Å². The Morgan fingerprint density at radius 1 is 0.880 bits per heavy atom. The van der Waals surface area contributed by atoms with Gasteiger partial charge in [0, 0.05) is 24.8 Å². The number of methoxy groups -OCH3 is 1. The maximum absolute atomic E-state index is 5.08. The van der Waals surface area contributed by atoms with Crippen LogP contribution in [0.3, 0.4) is 0 Å². The number of ether oxygens (including phenoxy) is 1. The summed E-state index contributed by atoms with van der Waals surface area (Å²) in [5.74, 6) is 0. The predicted octanol–water partition coefficient (Wildman–Crippen LogP) is 5.29. The number of unbranched alkanes of at least 4 members (excludes halogenated alkanes) is 3. The third-order valence-corrected chi connectivity index (χ3v) is 4.48. The predicted molar refractivity (Wildman–Crippen MR) is 104 cm³/mol. The molecule has 0 N–H and O–H groups in total. The van der Waals surface area contributed by atoms with Crippen LogP contribution in [0.1, 0.15) is 42.4 Å². The molecule has 25 heavy (non-hydrogen) atoms. The first-order valence-electron chi connectivity index (χ1n) is 8.86. The minimum atomic E-state index is 0.858. The van der Waals surface area contributed by atoms with Crippen molar-refractivity contribution in [1.29, 1.82) is 0 Å². The van der Waals surface area contributed by atoms with Crippen molar-refractivity contribution in [2.75, 3.05) is 20.8 Å². The summed E-state index contributed by atoms with van der Waals surface area (Å²) in [6.45, 7) is 0.858. The Morgan fingerprint density at radius 3 is 2.48 bits per heavy atom. The summed E-state index contributed by atoms with van der Waals surface area (Å²) in [6, 6.07) is 14.9. The van der Waals surface area contributed by atoms with E-state index in [0.717, 1.165) is 36.3 Å². The lowest BCUT2D eigenvalue weighted by Gasteiger charge is -2.03. The van der Waals surface area contributed by atoms with E-state index in [1.165, 1.54) is 29.5 Å². The summed E-state index contributed by atoms with van der Waals surface area (Å²) < 4.78 is 5.08. The van der Waals surface area contributed by atoms with Gasteiger partial charge in [0.25, 0.3) is 0 Å². The quantitative estimate of drug-likeness (QED) is 0.414. The van der Waals surface area contributed by atoms with E-state index in [9.17, 15) is 0 Å². The Labute approximate surface area is 150 Å². The standard InChI is InChI=1S/C22H25NO2/c1-24-15-9-5-3-4-6-10-17-13-14-19-18-11-7-8-12-20(18)22(23-25-2)21(19)16-17/h6-8,10-14,16H,3-5,9,15H2,1-2H3/b10-6+,23-22-. The molecule has 130 valence electrons. The lowest BCUT2D eigenvalue weighted by Crippen LogP contribution is -1.99. The van der Waals surface area contributed by atoms with Crippen LogP contribution in [-0.2, 0) is 9.57 Å². The summed E-state index contributed by atoms with van der Waals surface area (Å²) in [5.41, 5.74) is 6.85. The second-order valence-corrected chi connectivity index (χ2v) is 6.22. The lowest BCUT2D eigenvalue weighted by atomic mass is 10.0. The van der Waals surface area contributed by atoms with Crippen LogP contribution >= 0.6 is 0 Å². The number of oxime groups is 1. The molecule has 0 aromatic heterocycles. The lowest BCUT2D eigenvalue weighted by molar-refractivity contribution is 0.192. The molecule has 1 aliphatic rings. The van der Waals surface area contributed by atoms with E-state index in [1.54, 1.807) is 14.2 Å². The second-order valence-electron chi connectivity index (χ2n) is 6.22. The Bertz CT molecular complexity index is 777. The summed E-state index contributed by atoms with van der Waals surface area (Å²) >= 11 is 0. The van der Waals surface area contributed by atoms with Crippen LogP contribution in [0.15, 0.2) is 53.7 Å². The van der Waals surface area contributed by atoms with E-state index >= 15 is 0 Å². The maximum Gasteiger partial charge on any atom is 0.118 e. The number of hydrogen-bond acceptors (Lipinski definition) is 3. The van der Waals surface area contributed by atoms with Crippen molar-refractivity contribution in [3.05, 3.63) is 65.2 Å². The van der Waals surface area contributed by atoms with Gasteiger partial charge in [0.1, 0.15) is 12.8 Å². The van der Waals surface area contributed by atoms with Gasteiger partial charge in [-0.05, 0) is 42.0 Å². The highest BCUT2D eigenvalue weighted by Crippen LogP contribution is 2.37. The summed E-state index contributed by atoms with van der Waals surface area (Å²) in [5, 5.41) is 4.27. The monoisotopic (exact) mass is 335 g/mol. The first-order valence-corrected chi connectivity index (χ1v) is 8.86. The van der Waals surface area contributed by atoms with Crippen LogP contribution in [0.5, 0.6) is 0 Å². The number of fused-ring (bicyclic) bond motifs is 3. The van der Waals surface area contributed by atoms with Crippen molar-refractivity contribution in [2.24, 2.45) is 5.16 Å². The topological polar surface area (TPSA) is 30.8 Å². The van der Waals surface area contributed by atoms with Gasteiger partial charge >= 0.3 is 0 Å². The average Bonchev–Trinajstić information content (AvgIpc) is 2.95. The molecular formula is C22H25NO2. The molecule has 0 aliphatic heterocycles. The van der Waals surface area contributed by atoms with E-state index in [0.29, 0.717) is 0 Å². The van der Waals surface area contributed by atoms with Crippen molar-refractivity contribution in [2.45, 2.75) is 25.7 Å². The van der Waals surface area contributed by atoms with Crippen LogP contribution in [0, 0.1) is 0 Å². The van der Waals surface area contributed by atoms with Crippen LogP contribution in [0.2, 0.25) is 0 Å². The molecule has 2 aromatic rings. The highest BCUT2D eigenvalue weighted by Gasteiger charge is 2.25. The third kappa shape index (κ3) is 3.99.